The van der Waals surface area contributed by atoms with Gasteiger partial charge in [0.25, 0.3) is 0 Å². The Labute approximate surface area is 125 Å². The molecule has 1 fully saturated rings. The minimum absolute atomic E-state index is 0.0679. The number of hydrogen-bond donors (Lipinski definition) is 1. The number of likely N-dealkylation sites (N-methyl/N-ethyl adjacent to an activating group) is 1. The molecule has 21 heavy (non-hydrogen) atoms. The molecule has 2 rings (SSSR count). The number of benzene rings is 1. The van der Waals surface area contributed by atoms with E-state index in [1.165, 1.54) is 23.4 Å². The standard InChI is InChI=1S/C14H22FN3O2S/c1-10-7-12(8-13(16)14(10)15)21(19,20)18-6-4-5-11(9-18)17(2)3/h7-8,11H,4-6,9,16H2,1-3H3. The highest BCUT2D eigenvalue weighted by atomic mass is 32.2. The smallest absolute Gasteiger partial charge is 0.243 e. The minimum atomic E-state index is -3.63. The van der Waals surface area contributed by atoms with Crippen LogP contribution in [0.5, 0.6) is 0 Å². The van der Waals surface area contributed by atoms with E-state index in [0.717, 1.165) is 12.8 Å². The predicted molar refractivity (Wildman–Crippen MR) is 81.0 cm³/mol. The lowest BCUT2D eigenvalue weighted by atomic mass is 10.1. The maximum Gasteiger partial charge on any atom is 0.243 e. The molecule has 2 N–H and O–H groups in total. The topological polar surface area (TPSA) is 66.6 Å². The van der Waals surface area contributed by atoms with Gasteiger partial charge in [0.1, 0.15) is 5.82 Å². The van der Waals surface area contributed by atoms with Gasteiger partial charge in [0.2, 0.25) is 10.0 Å². The number of rotatable bonds is 3. The van der Waals surface area contributed by atoms with Gasteiger partial charge in [-0.15, -0.1) is 0 Å². The van der Waals surface area contributed by atoms with Crippen molar-refractivity contribution in [2.45, 2.75) is 30.7 Å². The zero-order valence-corrected chi connectivity index (χ0v) is 13.5. The number of anilines is 1. The summed E-state index contributed by atoms with van der Waals surface area (Å²) in [4.78, 5) is 2.10. The average Bonchev–Trinajstić information content (AvgIpc) is 2.44. The summed E-state index contributed by atoms with van der Waals surface area (Å²) in [5, 5.41) is 0. The number of nitrogen functional groups attached to an aromatic ring is 1. The third-order valence-electron chi connectivity index (χ3n) is 3.98. The number of nitrogens with zero attached hydrogens (tertiary/aromatic N) is 2. The molecule has 0 spiro atoms. The molecule has 0 aromatic heterocycles. The van der Waals surface area contributed by atoms with Crippen LogP contribution in [0.15, 0.2) is 17.0 Å². The van der Waals surface area contributed by atoms with E-state index in [2.05, 4.69) is 0 Å². The van der Waals surface area contributed by atoms with Crippen LogP contribution >= 0.6 is 0 Å². The molecule has 0 amide bonds. The summed E-state index contributed by atoms with van der Waals surface area (Å²) in [6, 6.07) is 2.75. The third kappa shape index (κ3) is 3.20. The Morgan fingerprint density at radius 1 is 1.38 bits per heavy atom. The highest BCUT2D eigenvalue weighted by Gasteiger charge is 2.31. The summed E-state index contributed by atoms with van der Waals surface area (Å²) in [6.07, 6.45) is 1.79. The molecule has 5 nitrogen and oxygen atoms in total. The fourth-order valence-electron chi connectivity index (χ4n) is 2.62. The van der Waals surface area contributed by atoms with Crippen LogP contribution in [0, 0.1) is 12.7 Å². The van der Waals surface area contributed by atoms with E-state index in [-0.39, 0.29) is 22.2 Å². The lowest BCUT2D eigenvalue weighted by molar-refractivity contribution is 0.190. The van der Waals surface area contributed by atoms with Crippen LogP contribution in [0.2, 0.25) is 0 Å². The molecule has 0 saturated carbocycles. The number of hydrogen-bond acceptors (Lipinski definition) is 4. The molecule has 0 aliphatic carbocycles. The Balaban J connectivity index is 2.34. The minimum Gasteiger partial charge on any atom is -0.396 e. The Morgan fingerprint density at radius 2 is 2.05 bits per heavy atom. The van der Waals surface area contributed by atoms with E-state index >= 15 is 0 Å². The Morgan fingerprint density at radius 3 is 2.62 bits per heavy atom. The van der Waals surface area contributed by atoms with E-state index < -0.39 is 15.8 Å². The summed E-state index contributed by atoms with van der Waals surface area (Å²) < 4.78 is 40.4. The molecule has 0 bridgehead atoms. The highest BCUT2D eigenvalue weighted by Crippen LogP contribution is 2.26. The van der Waals surface area contributed by atoms with Gasteiger partial charge in [0, 0.05) is 19.1 Å². The number of piperidine rings is 1. The van der Waals surface area contributed by atoms with Crippen LogP contribution in [0.4, 0.5) is 10.1 Å². The van der Waals surface area contributed by atoms with Crippen molar-refractivity contribution in [2.75, 3.05) is 32.9 Å². The summed E-state index contributed by atoms with van der Waals surface area (Å²) in [5.41, 5.74) is 5.67. The first-order valence-electron chi connectivity index (χ1n) is 6.95. The SMILES string of the molecule is Cc1cc(S(=O)(=O)N2CCCC(N(C)C)C2)cc(N)c1F. The van der Waals surface area contributed by atoms with Crippen LogP contribution in [0.25, 0.3) is 0 Å². The molecule has 0 radical (unpaired) electrons. The summed E-state index contributed by atoms with van der Waals surface area (Å²) in [6.45, 7) is 2.46. The maximum absolute atomic E-state index is 13.6. The molecular formula is C14H22FN3O2S. The fraction of sp³-hybridized carbons (Fsp3) is 0.571. The molecule has 1 unspecified atom stereocenters. The van der Waals surface area contributed by atoms with E-state index in [0.29, 0.717) is 13.1 Å². The second-order valence-electron chi connectivity index (χ2n) is 5.77. The maximum atomic E-state index is 13.6. The van der Waals surface area contributed by atoms with Crippen LogP contribution in [0.3, 0.4) is 0 Å². The van der Waals surface area contributed by atoms with Crippen molar-refractivity contribution in [3.05, 3.63) is 23.5 Å². The Hall–Kier alpha value is -1.18. The van der Waals surface area contributed by atoms with Crippen molar-refractivity contribution in [1.29, 1.82) is 0 Å². The monoisotopic (exact) mass is 315 g/mol. The van der Waals surface area contributed by atoms with Gasteiger partial charge in [-0.05, 0) is 51.6 Å². The quantitative estimate of drug-likeness (QED) is 0.857. The number of sulfonamides is 1. The summed E-state index contributed by atoms with van der Waals surface area (Å²) in [7, 11) is 0.260. The fourth-order valence-corrected chi connectivity index (χ4v) is 4.26. The Bertz CT molecular complexity index is 608. The molecule has 118 valence electrons. The third-order valence-corrected chi connectivity index (χ3v) is 5.83. The van der Waals surface area contributed by atoms with Gasteiger partial charge in [-0.1, -0.05) is 0 Å². The first-order valence-corrected chi connectivity index (χ1v) is 8.39. The molecule has 1 aromatic rings. The van der Waals surface area contributed by atoms with Gasteiger partial charge in [-0.2, -0.15) is 4.31 Å². The normalized spacial score (nSPS) is 20.9. The van der Waals surface area contributed by atoms with Crippen molar-refractivity contribution >= 4 is 15.7 Å². The van der Waals surface area contributed by atoms with Crippen molar-refractivity contribution in [3.8, 4) is 0 Å². The molecule has 1 aromatic carbocycles. The molecule has 1 aliphatic rings. The predicted octanol–water partition coefficient (Wildman–Crippen LogP) is 1.43. The number of halogens is 1. The van der Waals surface area contributed by atoms with E-state index in [1.807, 2.05) is 19.0 Å². The molecule has 1 aliphatic heterocycles. The molecular weight excluding hydrogens is 293 g/mol. The second kappa shape index (κ2) is 5.90. The van der Waals surface area contributed by atoms with Crippen LogP contribution in [0.1, 0.15) is 18.4 Å². The van der Waals surface area contributed by atoms with Gasteiger partial charge in [-0.3, -0.25) is 0 Å². The second-order valence-corrected chi connectivity index (χ2v) is 7.70. The van der Waals surface area contributed by atoms with Gasteiger partial charge < -0.3 is 10.6 Å². The van der Waals surface area contributed by atoms with E-state index in [1.54, 1.807) is 0 Å². The van der Waals surface area contributed by atoms with Crippen LogP contribution < -0.4 is 5.73 Å². The lowest BCUT2D eigenvalue weighted by Gasteiger charge is -2.35. The van der Waals surface area contributed by atoms with Crippen LogP contribution in [-0.2, 0) is 10.0 Å². The molecule has 1 saturated heterocycles. The van der Waals surface area contributed by atoms with Crippen LogP contribution in [-0.4, -0.2) is 50.8 Å². The number of nitrogens with two attached hydrogens (primary N) is 1. The average molecular weight is 315 g/mol. The summed E-state index contributed by atoms with van der Waals surface area (Å²) >= 11 is 0. The Kier molecular flexibility index (Phi) is 4.55. The highest BCUT2D eigenvalue weighted by molar-refractivity contribution is 7.89. The lowest BCUT2D eigenvalue weighted by Crippen LogP contribution is -2.47. The zero-order valence-electron chi connectivity index (χ0n) is 12.6. The van der Waals surface area contributed by atoms with Crippen molar-refractivity contribution in [2.24, 2.45) is 0 Å². The molecule has 7 heteroatoms. The first-order chi connectivity index (χ1) is 9.73. The van der Waals surface area contributed by atoms with Gasteiger partial charge in [0.05, 0.1) is 10.6 Å². The van der Waals surface area contributed by atoms with Crippen molar-refractivity contribution in [1.82, 2.24) is 9.21 Å². The number of aryl methyl sites for hydroxylation is 1. The van der Waals surface area contributed by atoms with Gasteiger partial charge in [0.15, 0.2) is 0 Å². The molecule has 1 atom stereocenters. The van der Waals surface area contributed by atoms with Gasteiger partial charge >= 0.3 is 0 Å². The summed E-state index contributed by atoms with van der Waals surface area (Å²) in [5.74, 6) is -0.557. The van der Waals surface area contributed by atoms with E-state index in [9.17, 15) is 12.8 Å². The van der Waals surface area contributed by atoms with Crippen molar-refractivity contribution < 1.29 is 12.8 Å². The molecule has 1 heterocycles. The zero-order chi connectivity index (χ0) is 15.8. The largest absolute Gasteiger partial charge is 0.396 e. The van der Waals surface area contributed by atoms with E-state index in [4.69, 9.17) is 5.73 Å². The first kappa shape index (κ1) is 16.2. The van der Waals surface area contributed by atoms with Gasteiger partial charge in [-0.25, -0.2) is 12.8 Å². The van der Waals surface area contributed by atoms with Crippen molar-refractivity contribution in [3.63, 3.8) is 0 Å².